The van der Waals surface area contributed by atoms with Crippen molar-refractivity contribution in [1.82, 2.24) is 0 Å². The van der Waals surface area contributed by atoms with Gasteiger partial charge in [0.25, 0.3) is 0 Å². The minimum Gasteiger partial charge on any atom is -0.496 e. The van der Waals surface area contributed by atoms with Crippen LogP contribution in [0.2, 0.25) is 0 Å². The SMILES string of the molecule is COc1cc(OC)c(C(C)O)cc1OC. The van der Waals surface area contributed by atoms with Crippen LogP contribution in [0.3, 0.4) is 0 Å². The molecule has 84 valence electrons. The third-order valence-electron chi connectivity index (χ3n) is 2.19. The van der Waals surface area contributed by atoms with Gasteiger partial charge < -0.3 is 19.3 Å². The predicted molar refractivity (Wildman–Crippen MR) is 56.7 cm³/mol. The van der Waals surface area contributed by atoms with Crippen molar-refractivity contribution in [3.63, 3.8) is 0 Å². The van der Waals surface area contributed by atoms with Crippen molar-refractivity contribution in [2.45, 2.75) is 13.0 Å². The van der Waals surface area contributed by atoms with Crippen LogP contribution in [0.4, 0.5) is 0 Å². The van der Waals surface area contributed by atoms with Gasteiger partial charge in [0.15, 0.2) is 11.5 Å². The average Bonchev–Trinajstić information content (AvgIpc) is 2.26. The summed E-state index contributed by atoms with van der Waals surface area (Å²) in [5, 5.41) is 9.54. The van der Waals surface area contributed by atoms with Gasteiger partial charge in [-0.05, 0) is 13.0 Å². The molecule has 4 heteroatoms. The first-order valence-corrected chi connectivity index (χ1v) is 4.62. The highest BCUT2D eigenvalue weighted by Gasteiger charge is 2.14. The number of methoxy groups -OCH3 is 3. The molecule has 0 saturated heterocycles. The van der Waals surface area contributed by atoms with E-state index < -0.39 is 6.10 Å². The average molecular weight is 212 g/mol. The Morgan fingerprint density at radius 1 is 0.933 bits per heavy atom. The number of hydrogen-bond donors (Lipinski definition) is 1. The smallest absolute Gasteiger partial charge is 0.164 e. The molecule has 1 unspecified atom stereocenters. The van der Waals surface area contributed by atoms with Gasteiger partial charge in [0.05, 0.1) is 27.4 Å². The lowest BCUT2D eigenvalue weighted by Crippen LogP contribution is -1.99. The number of ether oxygens (including phenoxy) is 3. The molecule has 0 fully saturated rings. The molecule has 15 heavy (non-hydrogen) atoms. The third kappa shape index (κ3) is 2.33. The second kappa shape index (κ2) is 4.89. The van der Waals surface area contributed by atoms with E-state index in [0.29, 0.717) is 22.8 Å². The lowest BCUT2D eigenvalue weighted by Gasteiger charge is -2.15. The zero-order valence-electron chi connectivity index (χ0n) is 9.40. The lowest BCUT2D eigenvalue weighted by molar-refractivity contribution is 0.193. The molecule has 0 spiro atoms. The molecule has 0 aliphatic carbocycles. The van der Waals surface area contributed by atoms with Crippen LogP contribution in [0.1, 0.15) is 18.6 Å². The van der Waals surface area contributed by atoms with E-state index in [1.54, 1.807) is 40.4 Å². The highest BCUT2D eigenvalue weighted by Crippen LogP contribution is 2.37. The van der Waals surface area contributed by atoms with Crippen molar-refractivity contribution in [2.24, 2.45) is 0 Å². The third-order valence-corrected chi connectivity index (χ3v) is 2.19. The van der Waals surface area contributed by atoms with Crippen LogP contribution in [0.15, 0.2) is 12.1 Å². The quantitative estimate of drug-likeness (QED) is 0.826. The topological polar surface area (TPSA) is 47.9 Å². The van der Waals surface area contributed by atoms with Crippen molar-refractivity contribution in [3.05, 3.63) is 17.7 Å². The molecule has 0 saturated carbocycles. The Morgan fingerprint density at radius 2 is 1.40 bits per heavy atom. The van der Waals surface area contributed by atoms with Crippen LogP contribution in [0.25, 0.3) is 0 Å². The zero-order valence-corrected chi connectivity index (χ0v) is 9.40. The fraction of sp³-hybridized carbons (Fsp3) is 0.455. The summed E-state index contributed by atoms with van der Waals surface area (Å²) in [7, 11) is 4.66. The Labute approximate surface area is 89.4 Å². The standard InChI is InChI=1S/C11H16O4/c1-7(12)8-5-10(14-3)11(15-4)6-9(8)13-2/h5-7,12H,1-4H3. The van der Waals surface area contributed by atoms with E-state index in [0.717, 1.165) is 0 Å². The minimum atomic E-state index is -0.611. The van der Waals surface area contributed by atoms with Crippen molar-refractivity contribution >= 4 is 0 Å². The summed E-state index contributed by atoms with van der Waals surface area (Å²) in [5.41, 5.74) is 0.676. The number of aliphatic hydroxyl groups is 1. The normalized spacial score (nSPS) is 12.1. The van der Waals surface area contributed by atoms with Crippen molar-refractivity contribution in [3.8, 4) is 17.2 Å². The van der Waals surface area contributed by atoms with Crippen LogP contribution in [-0.4, -0.2) is 26.4 Å². The number of benzene rings is 1. The van der Waals surface area contributed by atoms with E-state index in [9.17, 15) is 5.11 Å². The molecule has 4 nitrogen and oxygen atoms in total. The van der Waals surface area contributed by atoms with Gasteiger partial charge in [-0.15, -0.1) is 0 Å². The second-order valence-electron chi connectivity index (χ2n) is 3.13. The largest absolute Gasteiger partial charge is 0.496 e. The Balaban J connectivity index is 3.27. The number of aliphatic hydroxyl groups excluding tert-OH is 1. The fourth-order valence-electron chi connectivity index (χ4n) is 1.38. The second-order valence-corrected chi connectivity index (χ2v) is 3.13. The first-order valence-electron chi connectivity index (χ1n) is 4.62. The molecule has 1 aromatic carbocycles. The summed E-state index contributed by atoms with van der Waals surface area (Å²) >= 11 is 0. The van der Waals surface area contributed by atoms with Crippen LogP contribution < -0.4 is 14.2 Å². The Bertz CT molecular complexity index is 334. The van der Waals surface area contributed by atoms with Crippen molar-refractivity contribution in [1.29, 1.82) is 0 Å². The van der Waals surface area contributed by atoms with Gasteiger partial charge in [0.2, 0.25) is 0 Å². The summed E-state index contributed by atoms with van der Waals surface area (Å²) in [4.78, 5) is 0. The number of hydrogen-bond acceptors (Lipinski definition) is 4. The van der Waals surface area contributed by atoms with Gasteiger partial charge in [-0.3, -0.25) is 0 Å². The highest BCUT2D eigenvalue weighted by atomic mass is 16.5. The zero-order chi connectivity index (χ0) is 11.4. The van der Waals surface area contributed by atoms with Crippen LogP contribution in [0.5, 0.6) is 17.2 Å². The van der Waals surface area contributed by atoms with Crippen molar-refractivity contribution in [2.75, 3.05) is 21.3 Å². The van der Waals surface area contributed by atoms with E-state index in [2.05, 4.69) is 0 Å². The fourth-order valence-corrected chi connectivity index (χ4v) is 1.38. The summed E-state index contributed by atoms with van der Waals surface area (Å²) in [5.74, 6) is 1.75. The summed E-state index contributed by atoms with van der Waals surface area (Å²) in [6.07, 6.45) is -0.611. The van der Waals surface area contributed by atoms with Gasteiger partial charge in [-0.1, -0.05) is 0 Å². The monoisotopic (exact) mass is 212 g/mol. The first-order chi connectivity index (χ1) is 7.13. The van der Waals surface area contributed by atoms with Crippen LogP contribution in [-0.2, 0) is 0 Å². The van der Waals surface area contributed by atoms with E-state index >= 15 is 0 Å². The van der Waals surface area contributed by atoms with Gasteiger partial charge in [0.1, 0.15) is 5.75 Å². The Kier molecular flexibility index (Phi) is 3.80. The summed E-state index contributed by atoms with van der Waals surface area (Å²) in [6, 6.07) is 3.41. The van der Waals surface area contributed by atoms with E-state index in [-0.39, 0.29) is 0 Å². The molecular formula is C11H16O4. The molecule has 0 amide bonds. The molecule has 0 heterocycles. The van der Waals surface area contributed by atoms with E-state index in [1.165, 1.54) is 0 Å². The van der Waals surface area contributed by atoms with E-state index in [4.69, 9.17) is 14.2 Å². The summed E-state index contributed by atoms with van der Waals surface area (Å²) in [6.45, 7) is 1.67. The van der Waals surface area contributed by atoms with Crippen LogP contribution >= 0.6 is 0 Å². The lowest BCUT2D eigenvalue weighted by atomic mass is 10.1. The van der Waals surface area contributed by atoms with Crippen LogP contribution in [0, 0.1) is 0 Å². The molecule has 0 aliphatic heterocycles. The van der Waals surface area contributed by atoms with Gasteiger partial charge in [-0.25, -0.2) is 0 Å². The maximum absolute atomic E-state index is 9.54. The Morgan fingerprint density at radius 3 is 1.80 bits per heavy atom. The maximum atomic E-state index is 9.54. The summed E-state index contributed by atoms with van der Waals surface area (Å²) < 4.78 is 15.4. The molecule has 0 radical (unpaired) electrons. The van der Waals surface area contributed by atoms with Gasteiger partial charge >= 0.3 is 0 Å². The Hall–Kier alpha value is -1.42. The maximum Gasteiger partial charge on any atom is 0.164 e. The van der Waals surface area contributed by atoms with Gasteiger partial charge in [0, 0.05) is 11.6 Å². The number of rotatable bonds is 4. The first kappa shape index (κ1) is 11.7. The van der Waals surface area contributed by atoms with Crippen molar-refractivity contribution < 1.29 is 19.3 Å². The predicted octanol–water partition coefficient (Wildman–Crippen LogP) is 1.77. The molecule has 0 aromatic heterocycles. The van der Waals surface area contributed by atoms with E-state index in [1.807, 2.05) is 0 Å². The molecule has 1 aromatic rings. The highest BCUT2D eigenvalue weighted by molar-refractivity contribution is 5.51. The molecule has 1 N–H and O–H groups in total. The molecule has 0 aliphatic rings. The minimum absolute atomic E-state index is 0.578. The molecular weight excluding hydrogens is 196 g/mol. The molecule has 1 atom stereocenters. The molecule has 1 rings (SSSR count). The molecule has 0 bridgehead atoms. The van der Waals surface area contributed by atoms with Gasteiger partial charge in [-0.2, -0.15) is 0 Å².